The summed E-state index contributed by atoms with van der Waals surface area (Å²) in [6, 6.07) is 6.77. The maximum Gasteiger partial charge on any atom is 0.268 e. The largest absolute Gasteiger partial charge is 0.508 e. The number of allylic oxidation sites excluding steroid dienone is 2. The third kappa shape index (κ3) is 2.91. The zero-order valence-corrected chi connectivity index (χ0v) is 12.8. The molecule has 0 fully saturated rings. The fourth-order valence-electron chi connectivity index (χ4n) is 2.75. The summed E-state index contributed by atoms with van der Waals surface area (Å²) in [6.45, 7) is 4.16. The van der Waals surface area contributed by atoms with Crippen molar-refractivity contribution in [2.45, 2.75) is 26.3 Å². The molecule has 2 atom stereocenters. The van der Waals surface area contributed by atoms with E-state index < -0.39 is 0 Å². The molecule has 0 radical (unpaired) electrons. The van der Waals surface area contributed by atoms with Gasteiger partial charge < -0.3 is 15.4 Å². The van der Waals surface area contributed by atoms with Gasteiger partial charge in [-0.3, -0.25) is 4.79 Å². The van der Waals surface area contributed by atoms with E-state index in [2.05, 4.69) is 35.5 Å². The van der Waals surface area contributed by atoms with Gasteiger partial charge in [-0.2, -0.15) is 0 Å². The molecule has 4 heteroatoms. The molecular formula is C18H20N2O2. The van der Waals surface area contributed by atoms with E-state index in [0.29, 0.717) is 11.6 Å². The number of rotatable bonds is 3. The second kappa shape index (κ2) is 5.72. The predicted molar refractivity (Wildman–Crippen MR) is 87.9 cm³/mol. The van der Waals surface area contributed by atoms with E-state index in [9.17, 15) is 9.90 Å². The highest BCUT2D eigenvalue weighted by Crippen LogP contribution is 2.21. The van der Waals surface area contributed by atoms with Gasteiger partial charge in [0.05, 0.1) is 6.04 Å². The Kier molecular flexibility index (Phi) is 3.75. The first-order valence-electron chi connectivity index (χ1n) is 7.54. The number of benzene rings is 1. The molecule has 0 aliphatic heterocycles. The standard InChI is InChI=1S/C18H20N2O2/c1-11-4-3-5-13(8-11)12(2)19-18(22)17-9-14-6-7-15(21)10-16(14)20-17/h3,5-12,20-21H,4H2,1-2H3,(H,19,22). The lowest BCUT2D eigenvalue weighted by Crippen LogP contribution is -2.34. The monoisotopic (exact) mass is 296 g/mol. The highest BCUT2D eigenvalue weighted by Gasteiger charge is 2.16. The number of H-pyrrole nitrogens is 1. The van der Waals surface area contributed by atoms with E-state index in [-0.39, 0.29) is 17.7 Å². The van der Waals surface area contributed by atoms with Crippen LogP contribution in [0.5, 0.6) is 5.75 Å². The normalized spacial score (nSPS) is 19.0. The summed E-state index contributed by atoms with van der Waals surface area (Å²) in [5.74, 6) is 0.548. The van der Waals surface area contributed by atoms with Crippen molar-refractivity contribution in [2.24, 2.45) is 5.92 Å². The third-order valence-electron chi connectivity index (χ3n) is 3.99. The molecule has 3 N–H and O–H groups in total. The Bertz CT molecular complexity index is 770. The van der Waals surface area contributed by atoms with Gasteiger partial charge in [-0.05, 0) is 43.0 Å². The lowest BCUT2D eigenvalue weighted by molar-refractivity contribution is 0.0941. The van der Waals surface area contributed by atoms with E-state index >= 15 is 0 Å². The molecule has 0 saturated heterocycles. The number of aromatic nitrogens is 1. The quantitative estimate of drug-likeness (QED) is 0.811. The van der Waals surface area contributed by atoms with Gasteiger partial charge in [-0.1, -0.05) is 25.2 Å². The molecule has 0 saturated carbocycles. The van der Waals surface area contributed by atoms with Crippen molar-refractivity contribution in [1.29, 1.82) is 0 Å². The van der Waals surface area contributed by atoms with Crippen LogP contribution < -0.4 is 5.32 Å². The fraction of sp³-hybridized carbons (Fsp3) is 0.278. The Hall–Kier alpha value is -2.49. The number of phenols is 1. The number of aromatic amines is 1. The van der Waals surface area contributed by atoms with Crippen LogP contribution in [0.2, 0.25) is 0 Å². The fourth-order valence-corrected chi connectivity index (χ4v) is 2.75. The van der Waals surface area contributed by atoms with Crippen LogP contribution in [0.15, 0.2) is 48.1 Å². The van der Waals surface area contributed by atoms with Crippen LogP contribution in [0, 0.1) is 5.92 Å². The first kappa shape index (κ1) is 14.4. The lowest BCUT2D eigenvalue weighted by Gasteiger charge is -2.19. The van der Waals surface area contributed by atoms with Gasteiger partial charge in [0, 0.05) is 17.0 Å². The molecule has 2 unspecified atom stereocenters. The average molecular weight is 296 g/mol. The molecule has 1 heterocycles. The van der Waals surface area contributed by atoms with Gasteiger partial charge in [-0.15, -0.1) is 0 Å². The van der Waals surface area contributed by atoms with Gasteiger partial charge in [0.1, 0.15) is 11.4 Å². The molecule has 1 aliphatic rings. The number of hydrogen-bond donors (Lipinski definition) is 3. The minimum atomic E-state index is -0.143. The van der Waals surface area contributed by atoms with Crippen molar-refractivity contribution in [3.05, 3.63) is 53.8 Å². The van der Waals surface area contributed by atoms with Crippen molar-refractivity contribution in [2.75, 3.05) is 0 Å². The van der Waals surface area contributed by atoms with E-state index in [0.717, 1.165) is 22.9 Å². The number of carbonyl (C=O) groups is 1. The highest BCUT2D eigenvalue weighted by molar-refractivity contribution is 5.98. The summed E-state index contributed by atoms with van der Waals surface area (Å²) in [6.07, 6.45) is 7.48. The number of hydrogen-bond acceptors (Lipinski definition) is 2. The van der Waals surface area contributed by atoms with Crippen molar-refractivity contribution in [3.8, 4) is 5.75 Å². The summed E-state index contributed by atoms with van der Waals surface area (Å²) in [7, 11) is 0. The van der Waals surface area contributed by atoms with Gasteiger partial charge in [0.2, 0.25) is 0 Å². The maximum absolute atomic E-state index is 12.4. The first-order chi connectivity index (χ1) is 10.5. The summed E-state index contributed by atoms with van der Waals surface area (Å²) >= 11 is 0. The zero-order valence-electron chi connectivity index (χ0n) is 12.8. The molecule has 114 valence electrons. The van der Waals surface area contributed by atoms with Crippen molar-refractivity contribution in [1.82, 2.24) is 10.3 Å². The molecule has 0 bridgehead atoms. The molecule has 2 aromatic rings. The Labute approximate surface area is 129 Å². The molecule has 0 spiro atoms. The van der Waals surface area contributed by atoms with Crippen LogP contribution in [0.1, 0.15) is 30.8 Å². The second-order valence-corrected chi connectivity index (χ2v) is 5.93. The van der Waals surface area contributed by atoms with E-state index in [1.54, 1.807) is 24.3 Å². The predicted octanol–water partition coefficient (Wildman–Crippen LogP) is 3.51. The Morgan fingerprint density at radius 1 is 1.41 bits per heavy atom. The molecule has 1 aromatic heterocycles. The smallest absolute Gasteiger partial charge is 0.268 e. The Morgan fingerprint density at radius 2 is 2.23 bits per heavy atom. The van der Waals surface area contributed by atoms with Crippen LogP contribution in [-0.4, -0.2) is 22.0 Å². The highest BCUT2D eigenvalue weighted by atomic mass is 16.3. The average Bonchev–Trinajstić information content (AvgIpc) is 2.90. The van der Waals surface area contributed by atoms with Gasteiger partial charge in [0.25, 0.3) is 5.91 Å². The van der Waals surface area contributed by atoms with E-state index in [1.165, 1.54) is 0 Å². The Balaban J connectivity index is 1.76. The molecule has 1 aromatic carbocycles. The summed E-state index contributed by atoms with van der Waals surface area (Å²) in [5.41, 5.74) is 2.39. The van der Waals surface area contributed by atoms with E-state index in [4.69, 9.17) is 0 Å². The molecular weight excluding hydrogens is 276 g/mol. The third-order valence-corrected chi connectivity index (χ3v) is 3.99. The molecule has 22 heavy (non-hydrogen) atoms. The van der Waals surface area contributed by atoms with Crippen LogP contribution in [0.25, 0.3) is 10.9 Å². The minimum absolute atomic E-state index is 0.0358. The topological polar surface area (TPSA) is 65.1 Å². The number of phenolic OH excluding ortho intramolecular Hbond substituents is 1. The van der Waals surface area contributed by atoms with Crippen molar-refractivity contribution < 1.29 is 9.90 Å². The van der Waals surface area contributed by atoms with Crippen LogP contribution >= 0.6 is 0 Å². The number of aromatic hydroxyl groups is 1. The number of fused-ring (bicyclic) bond motifs is 1. The molecule has 4 nitrogen and oxygen atoms in total. The number of amides is 1. The summed E-state index contributed by atoms with van der Waals surface area (Å²) < 4.78 is 0. The molecule has 1 aliphatic carbocycles. The van der Waals surface area contributed by atoms with Gasteiger partial charge in [0.15, 0.2) is 0 Å². The molecule has 3 rings (SSSR count). The zero-order chi connectivity index (χ0) is 15.7. The first-order valence-corrected chi connectivity index (χ1v) is 7.54. The Morgan fingerprint density at radius 3 is 3.00 bits per heavy atom. The van der Waals surface area contributed by atoms with Gasteiger partial charge in [-0.25, -0.2) is 0 Å². The second-order valence-electron chi connectivity index (χ2n) is 5.93. The van der Waals surface area contributed by atoms with Crippen molar-refractivity contribution >= 4 is 16.8 Å². The lowest BCUT2D eigenvalue weighted by atomic mass is 9.94. The van der Waals surface area contributed by atoms with Crippen LogP contribution in [0.4, 0.5) is 0 Å². The van der Waals surface area contributed by atoms with Crippen molar-refractivity contribution in [3.63, 3.8) is 0 Å². The minimum Gasteiger partial charge on any atom is -0.508 e. The number of nitrogens with one attached hydrogen (secondary N) is 2. The SMILES string of the molecule is CC1C=C(C(C)NC(=O)c2cc3ccc(O)cc3[nH]2)C=CC1. The molecule has 1 amide bonds. The number of carbonyl (C=O) groups excluding carboxylic acids is 1. The summed E-state index contributed by atoms with van der Waals surface area (Å²) in [5, 5.41) is 13.4. The van der Waals surface area contributed by atoms with Crippen LogP contribution in [-0.2, 0) is 0 Å². The van der Waals surface area contributed by atoms with Crippen LogP contribution in [0.3, 0.4) is 0 Å². The maximum atomic E-state index is 12.4. The van der Waals surface area contributed by atoms with Gasteiger partial charge >= 0.3 is 0 Å². The summed E-state index contributed by atoms with van der Waals surface area (Å²) in [4.78, 5) is 15.4. The van der Waals surface area contributed by atoms with E-state index in [1.807, 2.05) is 6.92 Å².